The summed E-state index contributed by atoms with van der Waals surface area (Å²) in [7, 11) is 3.17. The van der Waals surface area contributed by atoms with Crippen molar-refractivity contribution in [2.24, 2.45) is 0 Å². The van der Waals surface area contributed by atoms with Crippen LogP contribution in [-0.4, -0.2) is 80.5 Å². The smallest absolute Gasteiger partial charge is 0.239 e. The average Bonchev–Trinajstić information content (AvgIpc) is 2.70. The number of ether oxygens (including phenoxy) is 2. The van der Waals surface area contributed by atoms with Crippen LogP contribution < -0.4 is 20.1 Å². The maximum Gasteiger partial charge on any atom is 0.239 e. The van der Waals surface area contributed by atoms with Gasteiger partial charge in [-0.3, -0.25) is 19.3 Å². The molecule has 2 fully saturated rings. The fourth-order valence-corrected chi connectivity index (χ4v) is 3.51. The molecule has 152 valence electrons. The fourth-order valence-electron chi connectivity index (χ4n) is 3.51. The summed E-state index contributed by atoms with van der Waals surface area (Å²) < 4.78 is 10.6. The van der Waals surface area contributed by atoms with Crippen molar-refractivity contribution in [3.8, 4) is 11.5 Å². The van der Waals surface area contributed by atoms with Crippen molar-refractivity contribution in [3.63, 3.8) is 0 Å². The van der Waals surface area contributed by atoms with Crippen LogP contribution >= 0.6 is 0 Å². The number of carbonyl (C=O) groups is 3. The van der Waals surface area contributed by atoms with Crippen LogP contribution in [0.15, 0.2) is 18.2 Å². The van der Waals surface area contributed by atoms with E-state index in [2.05, 4.69) is 10.6 Å². The van der Waals surface area contributed by atoms with Gasteiger partial charge in [-0.2, -0.15) is 0 Å². The summed E-state index contributed by atoms with van der Waals surface area (Å²) >= 11 is 0. The first-order valence-corrected chi connectivity index (χ1v) is 9.28. The monoisotopic (exact) mass is 390 g/mol. The first kappa shape index (κ1) is 19.9. The van der Waals surface area contributed by atoms with Gasteiger partial charge in [-0.15, -0.1) is 0 Å². The molecule has 28 heavy (non-hydrogen) atoms. The number of carbonyl (C=O) groups excluding carboxylic acids is 3. The van der Waals surface area contributed by atoms with Gasteiger partial charge in [0.2, 0.25) is 17.7 Å². The molecule has 3 amide bonds. The zero-order valence-corrected chi connectivity index (χ0v) is 16.2. The second-order valence-electron chi connectivity index (χ2n) is 6.87. The molecule has 2 aliphatic heterocycles. The highest BCUT2D eigenvalue weighted by Gasteiger charge is 2.34. The summed E-state index contributed by atoms with van der Waals surface area (Å²) in [4.78, 5) is 40.2. The van der Waals surface area contributed by atoms with E-state index >= 15 is 0 Å². The summed E-state index contributed by atoms with van der Waals surface area (Å²) in [6.07, 6.45) is 0.0419. The van der Waals surface area contributed by atoms with E-state index in [4.69, 9.17) is 9.47 Å². The van der Waals surface area contributed by atoms with Crippen LogP contribution in [0.4, 0.5) is 0 Å². The van der Waals surface area contributed by atoms with Gasteiger partial charge >= 0.3 is 0 Å². The van der Waals surface area contributed by atoms with Crippen molar-refractivity contribution in [3.05, 3.63) is 23.8 Å². The van der Waals surface area contributed by atoms with Crippen LogP contribution in [0.3, 0.4) is 0 Å². The molecule has 3 rings (SSSR count). The SMILES string of the molecule is COc1cc(CN2CCNC(=O)C2CC(=O)N2CCNC(=O)C2)cc(OC)c1. The molecule has 9 nitrogen and oxygen atoms in total. The van der Waals surface area contributed by atoms with Gasteiger partial charge in [-0.25, -0.2) is 0 Å². The maximum atomic E-state index is 12.7. The third kappa shape index (κ3) is 4.72. The molecule has 2 saturated heterocycles. The van der Waals surface area contributed by atoms with Crippen LogP contribution in [0.5, 0.6) is 11.5 Å². The van der Waals surface area contributed by atoms with Crippen molar-refractivity contribution in [1.29, 1.82) is 0 Å². The van der Waals surface area contributed by atoms with Gasteiger partial charge < -0.3 is 25.0 Å². The Balaban J connectivity index is 1.72. The molecule has 0 spiro atoms. The molecule has 2 heterocycles. The number of rotatable bonds is 6. The van der Waals surface area contributed by atoms with Crippen molar-refractivity contribution in [2.45, 2.75) is 19.0 Å². The number of benzene rings is 1. The summed E-state index contributed by atoms with van der Waals surface area (Å²) in [6, 6.07) is 4.99. The molecule has 0 aromatic heterocycles. The minimum absolute atomic E-state index is 0.0419. The third-order valence-corrected chi connectivity index (χ3v) is 5.00. The van der Waals surface area contributed by atoms with Gasteiger partial charge in [0.25, 0.3) is 0 Å². The van der Waals surface area contributed by atoms with E-state index in [9.17, 15) is 14.4 Å². The highest BCUT2D eigenvalue weighted by atomic mass is 16.5. The van der Waals surface area contributed by atoms with Gasteiger partial charge in [-0.05, 0) is 17.7 Å². The van der Waals surface area contributed by atoms with Crippen molar-refractivity contribution < 1.29 is 23.9 Å². The van der Waals surface area contributed by atoms with E-state index in [-0.39, 0.29) is 30.7 Å². The molecule has 0 radical (unpaired) electrons. The zero-order valence-electron chi connectivity index (χ0n) is 16.2. The van der Waals surface area contributed by atoms with Crippen molar-refractivity contribution in [1.82, 2.24) is 20.4 Å². The Kier molecular flexibility index (Phi) is 6.35. The molecule has 1 atom stereocenters. The molecule has 2 aliphatic rings. The second-order valence-corrected chi connectivity index (χ2v) is 6.87. The lowest BCUT2D eigenvalue weighted by atomic mass is 10.1. The number of amides is 3. The van der Waals surface area contributed by atoms with E-state index < -0.39 is 6.04 Å². The fraction of sp³-hybridized carbons (Fsp3) is 0.526. The first-order valence-electron chi connectivity index (χ1n) is 9.28. The van der Waals surface area contributed by atoms with Gasteiger partial charge in [0.15, 0.2) is 0 Å². The normalized spacial score (nSPS) is 20.4. The van der Waals surface area contributed by atoms with Crippen LogP contribution in [-0.2, 0) is 20.9 Å². The van der Waals surface area contributed by atoms with Gasteiger partial charge in [0.1, 0.15) is 11.5 Å². The number of hydrogen-bond acceptors (Lipinski definition) is 6. The van der Waals surface area contributed by atoms with E-state index in [1.54, 1.807) is 20.3 Å². The molecule has 0 bridgehead atoms. The molecule has 0 aliphatic carbocycles. The quantitative estimate of drug-likeness (QED) is 0.670. The summed E-state index contributed by atoms with van der Waals surface area (Å²) in [5.41, 5.74) is 0.931. The number of hydrogen-bond donors (Lipinski definition) is 2. The Hall–Kier alpha value is -2.81. The molecule has 0 saturated carbocycles. The number of nitrogens with one attached hydrogen (secondary N) is 2. The minimum atomic E-state index is -0.580. The van der Waals surface area contributed by atoms with Crippen LogP contribution in [0.25, 0.3) is 0 Å². The Morgan fingerprint density at radius 1 is 1.07 bits per heavy atom. The van der Waals surface area contributed by atoms with E-state index in [0.29, 0.717) is 44.2 Å². The predicted molar refractivity (Wildman–Crippen MR) is 101 cm³/mol. The maximum absolute atomic E-state index is 12.7. The molecule has 1 unspecified atom stereocenters. The lowest BCUT2D eigenvalue weighted by molar-refractivity contribution is -0.142. The number of piperazine rings is 2. The molecular formula is C19H26N4O5. The van der Waals surface area contributed by atoms with Gasteiger partial charge in [0, 0.05) is 38.8 Å². The lowest BCUT2D eigenvalue weighted by Gasteiger charge is -2.36. The Morgan fingerprint density at radius 2 is 1.75 bits per heavy atom. The minimum Gasteiger partial charge on any atom is -0.497 e. The van der Waals surface area contributed by atoms with Gasteiger partial charge in [-0.1, -0.05) is 0 Å². The van der Waals surface area contributed by atoms with Crippen LogP contribution in [0.1, 0.15) is 12.0 Å². The topological polar surface area (TPSA) is 100 Å². The Labute approximate surface area is 163 Å². The Morgan fingerprint density at radius 3 is 2.39 bits per heavy atom. The predicted octanol–water partition coefficient (Wildman–Crippen LogP) is -0.647. The second kappa shape index (κ2) is 8.92. The highest BCUT2D eigenvalue weighted by Crippen LogP contribution is 2.25. The molecule has 2 N–H and O–H groups in total. The summed E-state index contributed by atoms with van der Waals surface area (Å²) in [5, 5.41) is 5.53. The Bertz CT molecular complexity index is 732. The van der Waals surface area contributed by atoms with E-state index in [0.717, 1.165) is 5.56 Å². The van der Waals surface area contributed by atoms with Crippen LogP contribution in [0, 0.1) is 0 Å². The number of methoxy groups -OCH3 is 2. The average molecular weight is 390 g/mol. The molecule has 9 heteroatoms. The summed E-state index contributed by atoms with van der Waals surface area (Å²) in [6.45, 7) is 2.58. The van der Waals surface area contributed by atoms with Crippen molar-refractivity contribution in [2.75, 3.05) is 46.9 Å². The first-order chi connectivity index (χ1) is 13.5. The zero-order chi connectivity index (χ0) is 20.1. The standard InChI is InChI=1S/C19H26N4O5/c1-27-14-7-13(8-15(9-14)28-2)11-22-5-4-21-19(26)16(22)10-18(25)23-6-3-20-17(24)12-23/h7-9,16H,3-6,10-12H2,1-2H3,(H,20,24)(H,21,26). The molecular weight excluding hydrogens is 364 g/mol. The molecule has 1 aromatic carbocycles. The lowest BCUT2D eigenvalue weighted by Crippen LogP contribution is -2.57. The van der Waals surface area contributed by atoms with E-state index in [1.165, 1.54) is 4.90 Å². The van der Waals surface area contributed by atoms with E-state index in [1.807, 2.05) is 17.0 Å². The highest BCUT2D eigenvalue weighted by molar-refractivity contribution is 5.91. The van der Waals surface area contributed by atoms with Gasteiger partial charge in [0.05, 0.1) is 33.2 Å². The third-order valence-electron chi connectivity index (χ3n) is 5.00. The van der Waals surface area contributed by atoms with Crippen LogP contribution in [0.2, 0.25) is 0 Å². The molecule has 1 aromatic rings. The summed E-state index contributed by atoms with van der Waals surface area (Å²) in [5.74, 6) is 0.805. The van der Waals surface area contributed by atoms with Crippen molar-refractivity contribution >= 4 is 17.7 Å². The number of nitrogens with zero attached hydrogens (tertiary/aromatic N) is 2. The largest absolute Gasteiger partial charge is 0.497 e.